The normalized spacial score (nSPS) is 28.0. The first-order valence-electron chi connectivity index (χ1n) is 7.42. The number of rotatable bonds is 4. The van der Waals surface area contributed by atoms with Crippen LogP contribution in [0.1, 0.15) is 51.4 Å². The third-order valence-corrected chi connectivity index (χ3v) is 4.44. The summed E-state index contributed by atoms with van der Waals surface area (Å²) in [6.07, 6.45) is 7.90. The van der Waals surface area contributed by atoms with Gasteiger partial charge in [-0.15, -0.1) is 0 Å². The van der Waals surface area contributed by atoms with Crippen LogP contribution in [0.2, 0.25) is 0 Å². The van der Waals surface area contributed by atoms with Gasteiger partial charge in [-0.1, -0.05) is 12.8 Å². The Kier molecular flexibility index (Phi) is 5.05. The molecule has 2 amide bonds. The van der Waals surface area contributed by atoms with Crippen LogP contribution in [0.4, 0.5) is 4.79 Å². The van der Waals surface area contributed by atoms with Gasteiger partial charge in [-0.3, -0.25) is 4.79 Å². The fraction of sp³-hybridized carbons (Fsp3) is 0.857. The van der Waals surface area contributed by atoms with Gasteiger partial charge in [-0.05, 0) is 44.4 Å². The summed E-state index contributed by atoms with van der Waals surface area (Å²) in [5, 5.41) is 14.8. The molecule has 2 fully saturated rings. The molecule has 0 atom stereocenters. The number of aliphatic carboxylic acids is 1. The lowest BCUT2D eigenvalue weighted by molar-refractivity contribution is -0.143. The SMILES string of the molecule is O=C(NCC1CCC(C(=O)O)CC1)NC1CCCC1. The van der Waals surface area contributed by atoms with E-state index in [-0.39, 0.29) is 11.9 Å². The summed E-state index contributed by atoms with van der Waals surface area (Å²) >= 11 is 0. The second-order valence-corrected chi connectivity index (χ2v) is 5.89. The summed E-state index contributed by atoms with van der Waals surface area (Å²) < 4.78 is 0. The highest BCUT2D eigenvalue weighted by Crippen LogP contribution is 2.28. The second-order valence-electron chi connectivity index (χ2n) is 5.89. The number of amides is 2. The average molecular weight is 268 g/mol. The number of urea groups is 1. The molecule has 0 aliphatic heterocycles. The summed E-state index contributed by atoms with van der Waals surface area (Å²) in [6, 6.07) is 0.287. The van der Waals surface area contributed by atoms with Crippen LogP contribution in [0.15, 0.2) is 0 Å². The van der Waals surface area contributed by atoms with Crippen LogP contribution in [0.3, 0.4) is 0 Å². The minimum absolute atomic E-state index is 0.0627. The van der Waals surface area contributed by atoms with Gasteiger partial charge in [0.2, 0.25) is 0 Å². The van der Waals surface area contributed by atoms with Crippen molar-refractivity contribution >= 4 is 12.0 Å². The van der Waals surface area contributed by atoms with Gasteiger partial charge in [0.05, 0.1) is 5.92 Å². The summed E-state index contributed by atoms with van der Waals surface area (Å²) in [6.45, 7) is 0.672. The van der Waals surface area contributed by atoms with E-state index < -0.39 is 5.97 Å². The summed E-state index contributed by atoms with van der Waals surface area (Å²) in [5.74, 6) is -0.418. The lowest BCUT2D eigenvalue weighted by Crippen LogP contribution is -2.43. The van der Waals surface area contributed by atoms with Crippen molar-refractivity contribution in [3.63, 3.8) is 0 Å². The Morgan fingerprint density at radius 3 is 2.21 bits per heavy atom. The molecule has 2 aliphatic rings. The van der Waals surface area contributed by atoms with Crippen molar-refractivity contribution in [2.45, 2.75) is 57.4 Å². The highest BCUT2D eigenvalue weighted by atomic mass is 16.4. The Balaban J connectivity index is 1.60. The molecule has 0 aromatic rings. The van der Waals surface area contributed by atoms with E-state index in [2.05, 4.69) is 10.6 Å². The molecule has 5 heteroatoms. The van der Waals surface area contributed by atoms with Crippen LogP contribution < -0.4 is 10.6 Å². The van der Waals surface area contributed by atoms with Crippen molar-refractivity contribution in [1.82, 2.24) is 10.6 Å². The molecule has 2 aliphatic carbocycles. The second kappa shape index (κ2) is 6.78. The topological polar surface area (TPSA) is 78.4 Å². The molecule has 19 heavy (non-hydrogen) atoms. The van der Waals surface area contributed by atoms with E-state index in [9.17, 15) is 9.59 Å². The Morgan fingerprint density at radius 2 is 1.63 bits per heavy atom. The van der Waals surface area contributed by atoms with E-state index in [4.69, 9.17) is 5.11 Å². The van der Waals surface area contributed by atoms with Crippen molar-refractivity contribution in [1.29, 1.82) is 0 Å². The molecule has 2 rings (SSSR count). The molecule has 0 radical (unpaired) electrons. The van der Waals surface area contributed by atoms with Crippen LogP contribution in [-0.4, -0.2) is 29.7 Å². The molecule has 0 unspecified atom stereocenters. The maximum absolute atomic E-state index is 11.7. The zero-order valence-corrected chi connectivity index (χ0v) is 11.4. The molecular weight excluding hydrogens is 244 g/mol. The fourth-order valence-corrected chi connectivity index (χ4v) is 3.16. The smallest absolute Gasteiger partial charge is 0.315 e. The van der Waals surface area contributed by atoms with Gasteiger partial charge in [-0.25, -0.2) is 4.79 Å². The van der Waals surface area contributed by atoms with Gasteiger partial charge in [-0.2, -0.15) is 0 Å². The molecule has 108 valence electrons. The van der Waals surface area contributed by atoms with Gasteiger partial charge in [0.15, 0.2) is 0 Å². The highest BCUT2D eigenvalue weighted by molar-refractivity contribution is 5.74. The monoisotopic (exact) mass is 268 g/mol. The Morgan fingerprint density at radius 1 is 1.00 bits per heavy atom. The third kappa shape index (κ3) is 4.40. The number of carboxylic acids is 1. The summed E-state index contributed by atoms with van der Waals surface area (Å²) in [7, 11) is 0. The largest absolute Gasteiger partial charge is 0.481 e. The summed E-state index contributed by atoms with van der Waals surface area (Å²) in [5.41, 5.74) is 0. The zero-order chi connectivity index (χ0) is 13.7. The Hall–Kier alpha value is -1.26. The molecule has 0 aromatic carbocycles. The molecule has 0 spiro atoms. The molecular formula is C14H24N2O3. The zero-order valence-electron chi connectivity index (χ0n) is 11.4. The van der Waals surface area contributed by atoms with Crippen LogP contribution in [0.5, 0.6) is 0 Å². The lowest BCUT2D eigenvalue weighted by atomic mass is 9.82. The molecule has 0 bridgehead atoms. The van der Waals surface area contributed by atoms with Gasteiger partial charge < -0.3 is 15.7 Å². The maximum Gasteiger partial charge on any atom is 0.315 e. The number of hydrogen-bond donors (Lipinski definition) is 3. The minimum Gasteiger partial charge on any atom is -0.481 e. The fourth-order valence-electron chi connectivity index (χ4n) is 3.16. The molecule has 3 N–H and O–H groups in total. The number of nitrogens with one attached hydrogen (secondary N) is 2. The van der Waals surface area contributed by atoms with Gasteiger partial charge >= 0.3 is 12.0 Å². The summed E-state index contributed by atoms with van der Waals surface area (Å²) in [4.78, 5) is 22.5. The third-order valence-electron chi connectivity index (χ3n) is 4.44. The van der Waals surface area contributed by atoms with Crippen LogP contribution >= 0.6 is 0 Å². The van der Waals surface area contributed by atoms with Gasteiger partial charge in [0.1, 0.15) is 0 Å². The molecule has 0 aromatic heterocycles. The van der Waals surface area contributed by atoms with Crippen molar-refractivity contribution < 1.29 is 14.7 Å². The van der Waals surface area contributed by atoms with Crippen molar-refractivity contribution in [3.8, 4) is 0 Å². The average Bonchev–Trinajstić information content (AvgIpc) is 2.89. The van der Waals surface area contributed by atoms with E-state index in [0.717, 1.165) is 38.5 Å². The van der Waals surface area contributed by atoms with Crippen LogP contribution in [0.25, 0.3) is 0 Å². The number of carbonyl (C=O) groups excluding carboxylic acids is 1. The Labute approximate surface area is 114 Å². The standard InChI is InChI=1S/C14H24N2O3/c17-13(18)11-7-5-10(6-8-11)9-15-14(19)16-12-3-1-2-4-12/h10-12H,1-9H2,(H,17,18)(H2,15,16,19). The number of hydrogen-bond acceptors (Lipinski definition) is 2. The maximum atomic E-state index is 11.7. The van der Waals surface area contributed by atoms with Crippen LogP contribution in [0, 0.1) is 11.8 Å². The van der Waals surface area contributed by atoms with E-state index in [1.54, 1.807) is 0 Å². The van der Waals surface area contributed by atoms with E-state index >= 15 is 0 Å². The predicted molar refractivity (Wildman–Crippen MR) is 71.9 cm³/mol. The Bertz CT molecular complexity index is 319. The molecule has 0 saturated heterocycles. The first-order valence-corrected chi connectivity index (χ1v) is 7.42. The van der Waals surface area contributed by atoms with E-state index in [0.29, 0.717) is 18.5 Å². The van der Waals surface area contributed by atoms with Crippen molar-refractivity contribution in [3.05, 3.63) is 0 Å². The molecule has 2 saturated carbocycles. The van der Waals surface area contributed by atoms with Gasteiger partial charge in [0.25, 0.3) is 0 Å². The van der Waals surface area contributed by atoms with Crippen LogP contribution in [-0.2, 0) is 4.79 Å². The molecule has 0 heterocycles. The van der Waals surface area contributed by atoms with Crippen molar-refractivity contribution in [2.24, 2.45) is 11.8 Å². The quantitative estimate of drug-likeness (QED) is 0.730. The van der Waals surface area contributed by atoms with Crippen molar-refractivity contribution in [2.75, 3.05) is 6.54 Å². The molecule has 5 nitrogen and oxygen atoms in total. The minimum atomic E-state index is -0.676. The number of carboxylic acid groups (broad SMARTS) is 1. The first kappa shape index (κ1) is 14.2. The van der Waals surface area contributed by atoms with E-state index in [1.165, 1.54) is 12.8 Å². The highest BCUT2D eigenvalue weighted by Gasteiger charge is 2.26. The first-order chi connectivity index (χ1) is 9.15. The number of carbonyl (C=O) groups is 2. The van der Waals surface area contributed by atoms with Gasteiger partial charge in [0, 0.05) is 12.6 Å². The van der Waals surface area contributed by atoms with E-state index in [1.807, 2.05) is 0 Å². The predicted octanol–water partition coefficient (Wildman–Crippen LogP) is 2.12. The lowest BCUT2D eigenvalue weighted by Gasteiger charge is -2.26.